The summed E-state index contributed by atoms with van der Waals surface area (Å²) in [5.74, 6) is 1.10. The highest BCUT2D eigenvalue weighted by atomic mass is 15.3. The largest absolute Gasteiger partial charge is 0.297 e. The van der Waals surface area contributed by atoms with Gasteiger partial charge in [0, 0.05) is 38.3 Å². The molecule has 0 N–H and O–H groups in total. The van der Waals surface area contributed by atoms with Crippen molar-refractivity contribution in [1.29, 1.82) is 0 Å². The molecule has 1 aromatic carbocycles. The Balaban J connectivity index is 1.32. The molecule has 3 aliphatic carbocycles. The second kappa shape index (κ2) is 4.07. The summed E-state index contributed by atoms with van der Waals surface area (Å²) >= 11 is 0. The molecular weight excluding hydrogens is 220 g/mol. The van der Waals surface area contributed by atoms with Gasteiger partial charge in [-0.25, -0.2) is 0 Å². The summed E-state index contributed by atoms with van der Waals surface area (Å²) in [6, 6.07) is 10.9. The van der Waals surface area contributed by atoms with Crippen molar-refractivity contribution < 1.29 is 0 Å². The van der Waals surface area contributed by atoms with Gasteiger partial charge in [-0.05, 0) is 30.7 Å². The predicted octanol–water partition coefficient (Wildman–Crippen LogP) is 2.36. The number of benzene rings is 1. The van der Waals surface area contributed by atoms with Crippen LogP contribution in [0.1, 0.15) is 24.8 Å². The molecule has 0 unspecified atom stereocenters. The summed E-state index contributed by atoms with van der Waals surface area (Å²) in [4.78, 5) is 5.39. The monoisotopic (exact) mass is 242 g/mol. The van der Waals surface area contributed by atoms with E-state index >= 15 is 0 Å². The molecule has 5 rings (SSSR count). The Morgan fingerprint density at radius 3 is 2.17 bits per heavy atom. The molecule has 1 aliphatic heterocycles. The minimum atomic E-state index is 0.684. The van der Waals surface area contributed by atoms with Crippen molar-refractivity contribution in [3.05, 3.63) is 35.9 Å². The first-order valence-corrected chi connectivity index (χ1v) is 7.35. The van der Waals surface area contributed by atoms with Crippen molar-refractivity contribution in [3.63, 3.8) is 0 Å². The van der Waals surface area contributed by atoms with Crippen LogP contribution in [-0.4, -0.2) is 41.5 Å². The highest BCUT2D eigenvalue weighted by Gasteiger charge is 2.59. The molecule has 1 aromatic rings. The van der Waals surface area contributed by atoms with Crippen molar-refractivity contribution in [2.75, 3.05) is 26.2 Å². The topological polar surface area (TPSA) is 6.48 Å². The Morgan fingerprint density at radius 2 is 1.61 bits per heavy atom. The van der Waals surface area contributed by atoms with Gasteiger partial charge in [0.05, 0.1) is 0 Å². The van der Waals surface area contributed by atoms with Gasteiger partial charge in [0.2, 0.25) is 0 Å². The predicted molar refractivity (Wildman–Crippen MR) is 73.4 cm³/mol. The van der Waals surface area contributed by atoms with Crippen LogP contribution in [0.3, 0.4) is 0 Å². The van der Waals surface area contributed by atoms with Crippen LogP contribution in [0.5, 0.6) is 0 Å². The third-order valence-corrected chi connectivity index (χ3v) is 5.30. The van der Waals surface area contributed by atoms with Gasteiger partial charge in [0.1, 0.15) is 0 Å². The lowest BCUT2D eigenvalue weighted by Gasteiger charge is -2.67. The normalized spacial score (nSPS) is 35.9. The zero-order valence-corrected chi connectivity index (χ0v) is 11.0. The van der Waals surface area contributed by atoms with Gasteiger partial charge in [0.15, 0.2) is 0 Å². The lowest BCUT2D eigenvalue weighted by molar-refractivity contribution is -0.155. The van der Waals surface area contributed by atoms with Gasteiger partial charge in [0.25, 0.3) is 0 Å². The Morgan fingerprint density at radius 1 is 0.944 bits per heavy atom. The lowest BCUT2D eigenvalue weighted by atomic mass is 9.49. The summed E-state index contributed by atoms with van der Waals surface area (Å²) < 4.78 is 0. The number of rotatable bonds is 3. The van der Waals surface area contributed by atoms with E-state index in [0.29, 0.717) is 5.54 Å². The highest BCUT2D eigenvalue weighted by Crippen LogP contribution is 2.60. The fraction of sp³-hybridized carbons (Fsp3) is 0.625. The van der Waals surface area contributed by atoms with E-state index in [9.17, 15) is 0 Å². The van der Waals surface area contributed by atoms with Crippen LogP contribution in [0.2, 0.25) is 0 Å². The summed E-state index contributed by atoms with van der Waals surface area (Å²) in [5, 5.41) is 0. The van der Waals surface area contributed by atoms with E-state index in [4.69, 9.17) is 0 Å². The number of piperazine rings is 1. The molecule has 2 nitrogen and oxygen atoms in total. The molecular formula is C16H22N2. The SMILES string of the molecule is c1ccc(CN2CCN(C34CC(C3)C4)CC2)cc1. The van der Waals surface area contributed by atoms with E-state index in [1.54, 1.807) is 0 Å². The van der Waals surface area contributed by atoms with E-state index < -0.39 is 0 Å². The molecule has 2 heteroatoms. The van der Waals surface area contributed by atoms with E-state index in [-0.39, 0.29) is 0 Å². The summed E-state index contributed by atoms with van der Waals surface area (Å²) in [7, 11) is 0. The third kappa shape index (κ3) is 1.70. The number of nitrogens with zero attached hydrogens (tertiary/aromatic N) is 2. The Kier molecular flexibility index (Phi) is 2.49. The standard InChI is InChI=1S/C16H22N2/c1-2-4-14(5-3-1)13-17-6-8-18(9-7-17)16-10-15(11-16)12-16/h1-5,15H,6-13H2. The molecule has 3 saturated carbocycles. The number of hydrogen-bond acceptors (Lipinski definition) is 2. The summed E-state index contributed by atoms with van der Waals surface area (Å²) in [6.45, 7) is 6.21. The van der Waals surface area contributed by atoms with Crippen LogP contribution in [-0.2, 0) is 6.54 Å². The van der Waals surface area contributed by atoms with Crippen LogP contribution in [0.15, 0.2) is 30.3 Å². The second-order valence-electron chi connectivity index (χ2n) is 6.45. The molecule has 96 valence electrons. The lowest BCUT2D eigenvalue weighted by Crippen LogP contribution is -2.70. The fourth-order valence-electron chi connectivity index (χ4n) is 4.04. The van der Waals surface area contributed by atoms with Gasteiger partial charge in [-0.3, -0.25) is 9.80 Å². The minimum Gasteiger partial charge on any atom is -0.297 e. The van der Waals surface area contributed by atoms with E-state index in [1.807, 2.05) is 0 Å². The quantitative estimate of drug-likeness (QED) is 0.803. The molecule has 1 heterocycles. The van der Waals surface area contributed by atoms with E-state index in [2.05, 4.69) is 40.1 Å². The zero-order chi connectivity index (χ0) is 12.0. The summed E-state index contributed by atoms with van der Waals surface area (Å²) in [6.07, 6.45) is 4.52. The molecule has 0 spiro atoms. The molecule has 0 radical (unpaired) electrons. The fourth-order valence-corrected chi connectivity index (χ4v) is 4.04. The van der Waals surface area contributed by atoms with Gasteiger partial charge in [-0.1, -0.05) is 30.3 Å². The van der Waals surface area contributed by atoms with E-state index in [1.165, 1.54) is 51.0 Å². The van der Waals surface area contributed by atoms with Crippen molar-refractivity contribution in [1.82, 2.24) is 9.80 Å². The molecule has 4 aliphatic rings. The maximum Gasteiger partial charge on any atom is 0.0234 e. The second-order valence-corrected chi connectivity index (χ2v) is 6.45. The summed E-state index contributed by atoms with van der Waals surface area (Å²) in [5.41, 5.74) is 2.14. The average molecular weight is 242 g/mol. The van der Waals surface area contributed by atoms with Gasteiger partial charge in [-0.2, -0.15) is 0 Å². The first-order valence-electron chi connectivity index (χ1n) is 7.35. The Labute approximate surface area is 110 Å². The first-order chi connectivity index (χ1) is 8.84. The molecule has 1 saturated heterocycles. The van der Waals surface area contributed by atoms with Crippen molar-refractivity contribution >= 4 is 0 Å². The maximum atomic E-state index is 2.79. The van der Waals surface area contributed by atoms with Crippen molar-refractivity contribution in [3.8, 4) is 0 Å². The molecule has 0 aromatic heterocycles. The average Bonchev–Trinajstić information content (AvgIpc) is 2.29. The van der Waals surface area contributed by atoms with Crippen molar-refractivity contribution in [2.45, 2.75) is 31.3 Å². The maximum absolute atomic E-state index is 2.79. The van der Waals surface area contributed by atoms with Crippen LogP contribution < -0.4 is 0 Å². The number of hydrogen-bond donors (Lipinski definition) is 0. The van der Waals surface area contributed by atoms with Crippen LogP contribution >= 0.6 is 0 Å². The van der Waals surface area contributed by atoms with Crippen LogP contribution in [0, 0.1) is 5.92 Å². The van der Waals surface area contributed by atoms with Gasteiger partial charge in [-0.15, -0.1) is 0 Å². The Bertz CT molecular complexity index is 403. The van der Waals surface area contributed by atoms with Gasteiger partial charge >= 0.3 is 0 Å². The van der Waals surface area contributed by atoms with Crippen LogP contribution in [0.4, 0.5) is 0 Å². The molecule has 0 atom stereocenters. The molecule has 18 heavy (non-hydrogen) atoms. The van der Waals surface area contributed by atoms with E-state index in [0.717, 1.165) is 12.5 Å². The highest BCUT2D eigenvalue weighted by molar-refractivity contribution is 5.16. The van der Waals surface area contributed by atoms with Crippen LogP contribution in [0.25, 0.3) is 0 Å². The zero-order valence-electron chi connectivity index (χ0n) is 11.0. The van der Waals surface area contributed by atoms with Gasteiger partial charge < -0.3 is 0 Å². The Hall–Kier alpha value is -0.860. The molecule has 4 fully saturated rings. The molecule has 2 bridgehead atoms. The van der Waals surface area contributed by atoms with Crippen molar-refractivity contribution in [2.24, 2.45) is 5.92 Å². The molecule has 0 amide bonds. The minimum absolute atomic E-state index is 0.684. The first kappa shape index (κ1) is 11.0. The third-order valence-electron chi connectivity index (χ3n) is 5.30. The smallest absolute Gasteiger partial charge is 0.0234 e.